The van der Waals surface area contributed by atoms with Crippen molar-refractivity contribution in [3.8, 4) is 11.5 Å². The third-order valence-corrected chi connectivity index (χ3v) is 3.24. The molecular weight excluding hydrogens is 257 g/mol. The van der Waals surface area contributed by atoms with Crippen molar-refractivity contribution in [2.75, 3.05) is 7.11 Å². The van der Waals surface area contributed by atoms with Gasteiger partial charge >= 0.3 is 0 Å². The van der Waals surface area contributed by atoms with Gasteiger partial charge in [0.1, 0.15) is 5.75 Å². The Hall–Kier alpha value is -2.07. The fraction of sp³-hybridized carbons (Fsp3) is 0.250. The van der Waals surface area contributed by atoms with Gasteiger partial charge in [-0.1, -0.05) is 18.2 Å². The molecule has 0 aliphatic rings. The maximum Gasteiger partial charge on any atom is 0.165 e. The van der Waals surface area contributed by atoms with Crippen LogP contribution in [-0.4, -0.2) is 12.2 Å². The zero-order chi connectivity index (χ0) is 14.5. The van der Waals surface area contributed by atoms with Gasteiger partial charge in [0.25, 0.3) is 0 Å². The van der Waals surface area contributed by atoms with Crippen LogP contribution in [0.4, 0.5) is 4.39 Å². The molecule has 20 heavy (non-hydrogen) atoms. The summed E-state index contributed by atoms with van der Waals surface area (Å²) < 4.78 is 18.3. The van der Waals surface area contributed by atoms with Crippen molar-refractivity contribution in [2.45, 2.75) is 19.5 Å². The molecule has 0 saturated carbocycles. The Kier molecular flexibility index (Phi) is 4.58. The average molecular weight is 275 g/mol. The molecule has 0 spiro atoms. The lowest BCUT2D eigenvalue weighted by Gasteiger charge is -2.15. The van der Waals surface area contributed by atoms with Crippen molar-refractivity contribution in [3.63, 3.8) is 0 Å². The first-order valence-electron chi connectivity index (χ1n) is 6.45. The number of hydrogen-bond acceptors (Lipinski definition) is 3. The molecule has 2 aromatic rings. The highest BCUT2D eigenvalue weighted by atomic mass is 19.1. The summed E-state index contributed by atoms with van der Waals surface area (Å²) in [6.07, 6.45) is 0. The summed E-state index contributed by atoms with van der Waals surface area (Å²) in [5.74, 6) is -0.0973. The van der Waals surface area contributed by atoms with E-state index in [4.69, 9.17) is 9.84 Å². The number of benzene rings is 2. The third-order valence-electron chi connectivity index (χ3n) is 3.24. The van der Waals surface area contributed by atoms with Crippen molar-refractivity contribution in [1.82, 2.24) is 5.32 Å². The lowest BCUT2D eigenvalue weighted by Crippen LogP contribution is -2.18. The van der Waals surface area contributed by atoms with E-state index < -0.39 is 5.82 Å². The Bertz CT molecular complexity index is 569. The summed E-state index contributed by atoms with van der Waals surface area (Å²) >= 11 is 0. The predicted octanol–water partition coefficient (Wildman–Crippen LogP) is 3.39. The number of halogens is 1. The largest absolute Gasteiger partial charge is 0.505 e. The number of phenols is 1. The minimum atomic E-state index is -0.596. The third kappa shape index (κ3) is 3.48. The fourth-order valence-corrected chi connectivity index (χ4v) is 1.94. The van der Waals surface area contributed by atoms with E-state index in [0.717, 1.165) is 16.9 Å². The molecule has 0 unspecified atom stereocenters. The van der Waals surface area contributed by atoms with Crippen molar-refractivity contribution < 1.29 is 14.2 Å². The summed E-state index contributed by atoms with van der Waals surface area (Å²) in [7, 11) is 1.63. The molecule has 2 rings (SSSR count). The highest BCUT2D eigenvalue weighted by Crippen LogP contribution is 2.19. The van der Waals surface area contributed by atoms with Crippen LogP contribution in [0.3, 0.4) is 0 Å². The zero-order valence-electron chi connectivity index (χ0n) is 11.6. The second-order valence-corrected chi connectivity index (χ2v) is 4.66. The second-order valence-electron chi connectivity index (χ2n) is 4.66. The number of nitrogens with one attached hydrogen (secondary N) is 1. The summed E-state index contributed by atoms with van der Waals surface area (Å²) in [6, 6.07) is 12.3. The normalized spacial score (nSPS) is 12.2. The van der Waals surface area contributed by atoms with E-state index >= 15 is 0 Å². The van der Waals surface area contributed by atoms with Crippen LogP contribution < -0.4 is 10.1 Å². The van der Waals surface area contributed by atoms with Gasteiger partial charge in [-0.3, -0.25) is 0 Å². The van der Waals surface area contributed by atoms with E-state index in [2.05, 4.69) is 5.32 Å². The van der Waals surface area contributed by atoms with Gasteiger partial charge in [-0.25, -0.2) is 4.39 Å². The van der Waals surface area contributed by atoms with Crippen molar-refractivity contribution in [3.05, 3.63) is 59.4 Å². The summed E-state index contributed by atoms with van der Waals surface area (Å²) in [5, 5.41) is 12.5. The number of rotatable bonds is 5. The molecule has 2 aromatic carbocycles. The van der Waals surface area contributed by atoms with E-state index in [1.807, 2.05) is 31.2 Å². The van der Waals surface area contributed by atoms with Crippen LogP contribution in [0, 0.1) is 5.82 Å². The van der Waals surface area contributed by atoms with Crippen molar-refractivity contribution in [2.24, 2.45) is 0 Å². The lowest BCUT2D eigenvalue weighted by molar-refractivity contribution is 0.414. The van der Waals surface area contributed by atoms with Gasteiger partial charge in [0.15, 0.2) is 11.6 Å². The van der Waals surface area contributed by atoms with Gasteiger partial charge < -0.3 is 15.2 Å². The molecule has 106 valence electrons. The Morgan fingerprint density at radius 3 is 2.50 bits per heavy atom. The van der Waals surface area contributed by atoms with Crippen molar-refractivity contribution in [1.29, 1.82) is 0 Å². The predicted molar refractivity (Wildman–Crippen MR) is 76.3 cm³/mol. The van der Waals surface area contributed by atoms with Gasteiger partial charge in [-0.15, -0.1) is 0 Å². The molecule has 0 radical (unpaired) electrons. The summed E-state index contributed by atoms with van der Waals surface area (Å²) in [5.41, 5.74) is 1.92. The quantitative estimate of drug-likeness (QED) is 0.879. The zero-order valence-corrected chi connectivity index (χ0v) is 11.6. The Labute approximate surface area is 118 Å². The smallest absolute Gasteiger partial charge is 0.165 e. The van der Waals surface area contributed by atoms with Crippen LogP contribution in [0.1, 0.15) is 24.1 Å². The molecule has 0 bridgehead atoms. The first-order valence-corrected chi connectivity index (χ1v) is 6.45. The maximum absolute atomic E-state index is 13.2. The van der Waals surface area contributed by atoms with E-state index in [1.165, 1.54) is 12.1 Å². The van der Waals surface area contributed by atoms with Gasteiger partial charge in [-0.05, 0) is 42.3 Å². The molecule has 0 heterocycles. The van der Waals surface area contributed by atoms with Gasteiger partial charge in [-0.2, -0.15) is 0 Å². The molecule has 0 aliphatic heterocycles. The first-order chi connectivity index (χ1) is 9.60. The van der Waals surface area contributed by atoms with Gasteiger partial charge in [0.2, 0.25) is 0 Å². The lowest BCUT2D eigenvalue weighted by atomic mass is 10.1. The summed E-state index contributed by atoms with van der Waals surface area (Å²) in [4.78, 5) is 0. The molecule has 0 amide bonds. The molecule has 0 aliphatic carbocycles. The van der Waals surface area contributed by atoms with Crippen LogP contribution in [0.25, 0.3) is 0 Å². The van der Waals surface area contributed by atoms with Crippen LogP contribution in [0.5, 0.6) is 11.5 Å². The molecule has 2 N–H and O–H groups in total. The van der Waals surface area contributed by atoms with Crippen LogP contribution in [0.2, 0.25) is 0 Å². The van der Waals surface area contributed by atoms with E-state index in [-0.39, 0.29) is 11.8 Å². The number of ether oxygens (including phenoxy) is 1. The number of phenolic OH excluding ortho intramolecular Hbond substituents is 1. The summed E-state index contributed by atoms with van der Waals surface area (Å²) in [6.45, 7) is 2.57. The monoisotopic (exact) mass is 275 g/mol. The van der Waals surface area contributed by atoms with E-state index in [1.54, 1.807) is 13.2 Å². The van der Waals surface area contributed by atoms with Crippen LogP contribution >= 0.6 is 0 Å². The molecular formula is C16H18FNO2. The van der Waals surface area contributed by atoms with Gasteiger partial charge in [0.05, 0.1) is 7.11 Å². The Balaban J connectivity index is 1.96. The molecule has 0 fully saturated rings. The minimum Gasteiger partial charge on any atom is -0.505 e. The minimum absolute atomic E-state index is 0.137. The highest BCUT2D eigenvalue weighted by Gasteiger charge is 2.06. The molecule has 0 aromatic heterocycles. The van der Waals surface area contributed by atoms with Gasteiger partial charge in [0, 0.05) is 12.6 Å². The molecule has 4 heteroatoms. The number of aromatic hydroxyl groups is 1. The SMILES string of the molecule is COc1ccc([C@@H](C)NCc2ccc(O)c(F)c2)cc1. The number of methoxy groups -OCH3 is 1. The van der Waals surface area contributed by atoms with E-state index in [0.29, 0.717) is 6.54 Å². The average Bonchev–Trinajstić information content (AvgIpc) is 2.48. The first kappa shape index (κ1) is 14.3. The molecule has 3 nitrogen and oxygen atoms in total. The Morgan fingerprint density at radius 2 is 1.90 bits per heavy atom. The van der Waals surface area contributed by atoms with Crippen LogP contribution in [-0.2, 0) is 6.54 Å². The maximum atomic E-state index is 13.2. The standard InChI is InChI=1S/C16H18FNO2/c1-11(13-4-6-14(20-2)7-5-13)18-10-12-3-8-16(19)15(17)9-12/h3-9,11,18-19H,10H2,1-2H3/t11-/m1/s1. The highest BCUT2D eigenvalue weighted by molar-refractivity contribution is 5.30. The second kappa shape index (κ2) is 6.39. The van der Waals surface area contributed by atoms with Crippen LogP contribution in [0.15, 0.2) is 42.5 Å². The molecule has 0 saturated heterocycles. The molecule has 1 atom stereocenters. The topological polar surface area (TPSA) is 41.5 Å². The fourth-order valence-electron chi connectivity index (χ4n) is 1.94. The Morgan fingerprint density at radius 1 is 1.20 bits per heavy atom. The number of hydrogen-bond donors (Lipinski definition) is 2. The van der Waals surface area contributed by atoms with E-state index in [9.17, 15) is 4.39 Å². The van der Waals surface area contributed by atoms with Crippen molar-refractivity contribution >= 4 is 0 Å².